The van der Waals surface area contributed by atoms with Gasteiger partial charge in [0.05, 0.1) is 0 Å². The minimum atomic E-state index is 0.950. The Balaban J connectivity index is 2.08. The lowest BCUT2D eigenvalue weighted by Gasteiger charge is -2.20. The normalized spacial score (nSPS) is 18.1. The van der Waals surface area contributed by atoms with Crippen molar-refractivity contribution in [2.45, 2.75) is 51.9 Å². The Bertz CT molecular complexity index is 232. The van der Waals surface area contributed by atoms with E-state index in [1.54, 1.807) is 0 Å². The highest BCUT2D eigenvalue weighted by Gasteiger charge is 2.08. The second-order valence-electron chi connectivity index (χ2n) is 5.39. The lowest BCUT2D eigenvalue weighted by Crippen LogP contribution is -2.42. The summed E-state index contributed by atoms with van der Waals surface area (Å²) in [6.07, 6.45) is 9.33. The molecule has 4 heteroatoms. The molecule has 1 aliphatic rings. The van der Waals surface area contributed by atoms with Crippen molar-refractivity contribution in [2.24, 2.45) is 4.99 Å². The molecule has 0 unspecified atom stereocenters. The molecule has 4 nitrogen and oxygen atoms in total. The Hall–Kier alpha value is -0.770. The third kappa shape index (κ3) is 8.09. The molecule has 0 radical (unpaired) electrons. The van der Waals surface area contributed by atoms with Crippen LogP contribution in [0.3, 0.4) is 0 Å². The van der Waals surface area contributed by atoms with E-state index in [0.29, 0.717) is 0 Å². The largest absolute Gasteiger partial charge is 0.356 e. The molecule has 1 aliphatic heterocycles. The van der Waals surface area contributed by atoms with Crippen molar-refractivity contribution in [1.82, 2.24) is 15.5 Å². The molecule has 1 saturated heterocycles. The van der Waals surface area contributed by atoms with Gasteiger partial charge < -0.3 is 15.5 Å². The van der Waals surface area contributed by atoms with E-state index in [9.17, 15) is 0 Å². The van der Waals surface area contributed by atoms with Gasteiger partial charge in [0.2, 0.25) is 0 Å². The van der Waals surface area contributed by atoms with Crippen LogP contribution in [0.25, 0.3) is 0 Å². The second-order valence-corrected chi connectivity index (χ2v) is 5.39. The lowest BCUT2D eigenvalue weighted by molar-refractivity contribution is 0.289. The molecular formula is C15H32N4. The van der Waals surface area contributed by atoms with E-state index in [4.69, 9.17) is 0 Å². The quantitative estimate of drug-likeness (QED) is 0.422. The summed E-state index contributed by atoms with van der Waals surface area (Å²) in [7, 11) is 1.85. The van der Waals surface area contributed by atoms with Crippen molar-refractivity contribution in [1.29, 1.82) is 0 Å². The first-order chi connectivity index (χ1) is 9.36. The van der Waals surface area contributed by atoms with E-state index in [2.05, 4.69) is 27.4 Å². The van der Waals surface area contributed by atoms with E-state index in [0.717, 1.165) is 25.6 Å². The number of rotatable bonds is 7. The average molecular weight is 268 g/mol. The van der Waals surface area contributed by atoms with Crippen LogP contribution < -0.4 is 10.6 Å². The Labute approximate surface area is 119 Å². The van der Waals surface area contributed by atoms with Gasteiger partial charge in [-0.2, -0.15) is 0 Å². The van der Waals surface area contributed by atoms with Crippen molar-refractivity contribution in [3.63, 3.8) is 0 Å². The summed E-state index contributed by atoms with van der Waals surface area (Å²) in [4.78, 5) is 6.84. The maximum absolute atomic E-state index is 4.26. The Morgan fingerprint density at radius 1 is 1.00 bits per heavy atom. The number of unbranched alkanes of at least 4 members (excludes halogenated alkanes) is 2. The Morgan fingerprint density at radius 3 is 2.32 bits per heavy atom. The van der Waals surface area contributed by atoms with E-state index in [-0.39, 0.29) is 0 Å². The fraction of sp³-hybridized carbons (Fsp3) is 0.933. The molecular weight excluding hydrogens is 236 g/mol. The molecule has 1 heterocycles. The zero-order valence-corrected chi connectivity index (χ0v) is 12.9. The van der Waals surface area contributed by atoms with Crippen LogP contribution in [0.15, 0.2) is 4.99 Å². The topological polar surface area (TPSA) is 39.7 Å². The highest BCUT2D eigenvalue weighted by molar-refractivity contribution is 5.79. The average Bonchev–Trinajstić information content (AvgIpc) is 2.70. The number of likely N-dealkylation sites (tertiary alicyclic amines) is 1. The summed E-state index contributed by atoms with van der Waals surface area (Å²) in [5.41, 5.74) is 0. The first kappa shape index (κ1) is 16.3. The summed E-state index contributed by atoms with van der Waals surface area (Å²) in [6.45, 7) is 7.92. The highest BCUT2D eigenvalue weighted by Crippen LogP contribution is 2.08. The smallest absolute Gasteiger partial charge is 0.191 e. The number of nitrogens with zero attached hydrogens (tertiary/aromatic N) is 2. The van der Waals surface area contributed by atoms with Gasteiger partial charge in [0.15, 0.2) is 5.96 Å². The zero-order chi connectivity index (χ0) is 13.8. The zero-order valence-electron chi connectivity index (χ0n) is 12.9. The Kier molecular flexibility index (Phi) is 9.51. The first-order valence-electron chi connectivity index (χ1n) is 8.03. The van der Waals surface area contributed by atoms with Crippen molar-refractivity contribution >= 4 is 5.96 Å². The second kappa shape index (κ2) is 11.1. The van der Waals surface area contributed by atoms with Gasteiger partial charge in [0, 0.05) is 26.7 Å². The fourth-order valence-corrected chi connectivity index (χ4v) is 2.49. The minimum Gasteiger partial charge on any atom is -0.356 e. The van der Waals surface area contributed by atoms with Gasteiger partial charge in [-0.3, -0.25) is 4.99 Å². The molecule has 0 bridgehead atoms. The molecule has 0 spiro atoms. The molecule has 0 aromatic heterocycles. The predicted molar refractivity (Wildman–Crippen MR) is 83.8 cm³/mol. The third-order valence-corrected chi connectivity index (χ3v) is 3.72. The molecule has 19 heavy (non-hydrogen) atoms. The highest BCUT2D eigenvalue weighted by atomic mass is 15.2. The van der Waals surface area contributed by atoms with E-state index in [1.165, 1.54) is 58.0 Å². The number of hydrogen-bond acceptors (Lipinski definition) is 2. The van der Waals surface area contributed by atoms with Crippen molar-refractivity contribution in [3.05, 3.63) is 0 Å². The molecule has 0 saturated carbocycles. The number of hydrogen-bond donors (Lipinski definition) is 2. The maximum Gasteiger partial charge on any atom is 0.191 e. The van der Waals surface area contributed by atoms with Gasteiger partial charge in [-0.1, -0.05) is 32.6 Å². The van der Waals surface area contributed by atoms with Crippen LogP contribution in [-0.2, 0) is 0 Å². The lowest BCUT2D eigenvalue weighted by atomic mass is 10.2. The molecule has 1 fully saturated rings. The van der Waals surface area contributed by atoms with Crippen molar-refractivity contribution < 1.29 is 0 Å². The van der Waals surface area contributed by atoms with Crippen molar-refractivity contribution in [2.75, 3.05) is 39.8 Å². The van der Waals surface area contributed by atoms with Crippen LogP contribution in [0.1, 0.15) is 51.9 Å². The van der Waals surface area contributed by atoms with Crippen molar-refractivity contribution in [3.8, 4) is 0 Å². The monoisotopic (exact) mass is 268 g/mol. The molecule has 0 aromatic rings. The van der Waals surface area contributed by atoms with E-state index in [1.807, 2.05) is 7.05 Å². The van der Waals surface area contributed by atoms with E-state index < -0.39 is 0 Å². The fourth-order valence-electron chi connectivity index (χ4n) is 2.49. The summed E-state index contributed by atoms with van der Waals surface area (Å²) < 4.78 is 0. The van der Waals surface area contributed by atoms with Gasteiger partial charge >= 0.3 is 0 Å². The van der Waals surface area contributed by atoms with Crippen LogP contribution in [-0.4, -0.2) is 50.6 Å². The molecule has 112 valence electrons. The summed E-state index contributed by atoms with van der Waals surface area (Å²) in [5.74, 6) is 0.950. The number of nitrogens with one attached hydrogen (secondary N) is 2. The van der Waals surface area contributed by atoms with Crippen LogP contribution in [0, 0.1) is 0 Å². The third-order valence-electron chi connectivity index (χ3n) is 3.72. The molecule has 2 N–H and O–H groups in total. The van der Waals surface area contributed by atoms with Crippen LogP contribution >= 0.6 is 0 Å². The summed E-state index contributed by atoms with van der Waals surface area (Å²) in [6, 6.07) is 0. The van der Waals surface area contributed by atoms with Crippen LogP contribution in [0.5, 0.6) is 0 Å². The van der Waals surface area contributed by atoms with Crippen LogP contribution in [0.4, 0.5) is 0 Å². The molecule has 0 aliphatic carbocycles. The number of guanidine groups is 1. The van der Waals surface area contributed by atoms with Gasteiger partial charge in [-0.05, 0) is 32.4 Å². The SMILES string of the molecule is CCCCCNC(=NC)NCCN1CCCCCC1. The summed E-state index contributed by atoms with van der Waals surface area (Å²) >= 11 is 0. The van der Waals surface area contributed by atoms with Gasteiger partial charge in [-0.25, -0.2) is 0 Å². The molecule has 0 atom stereocenters. The molecule has 0 aromatic carbocycles. The first-order valence-corrected chi connectivity index (χ1v) is 8.03. The van der Waals surface area contributed by atoms with Crippen LogP contribution in [0.2, 0.25) is 0 Å². The van der Waals surface area contributed by atoms with E-state index >= 15 is 0 Å². The molecule has 1 rings (SSSR count). The minimum absolute atomic E-state index is 0.950. The standard InChI is InChI=1S/C15H32N4/c1-3-4-7-10-17-15(16-2)18-11-14-19-12-8-5-6-9-13-19/h3-14H2,1-2H3,(H2,16,17,18). The summed E-state index contributed by atoms with van der Waals surface area (Å²) in [5, 5.41) is 6.79. The van der Waals surface area contributed by atoms with Gasteiger partial charge in [-0.15, -0.1) is 0 Å². The van der Waals surface area contributed by atoms with Gasteiger partial charge in [0.1, 0.15) is 0 Å². The maximum atomic E-state index is 4.26. The Morgan fingerprint density at radius 2 is 1.68 bits per heavy atom. The van der Waals surface area contributed by atoms with Gasteiger partial charge in [0.25, 0.3) is 0 Å². The predicted octanol–water partition coefficient (Wildman–Crippen LogP) is 2.22. The molecule has 0 amide bonds. The number of aliphatic imine (C=N–C) groups is 1.